The fraction of sp³-hybridized carbons (Fsp3) is 0.182. The minimum absolute atomic E-state index is 0.123. The third-order valence-corrected chi connectivity index (χ3v) is 5.87. The van der Waals surface area contributed by atoms with Crippen molar-refractivity contribution < 1.29 is 9.36 Å². The number of benzene rings is 1. The van der Waals surface area contributed by atoms with E-state index in [1.54, 1.807) is 17.5 Å². The van der Waals surface area contributed by atoms with Gasteiger partial charge in [-0.2, -0.15) is 0 Å². The first kappa shape index (κ1) is 17.5. The van der Waals surface area contributed by atoms with Crippen LogP contribution in [0.15, 0.2) is 60.8 Å². The minimum Gasteiger partial charge on any atom is -0.343 e. The SMILES string of the molecule is C=Cn1c[n+](CC(=O)c2cc(C)n(Cc3cccs3)c2C)c2ccccc21. The van der Waals surface area contributed by atoms with E-state index in [0.717, 1.165) is 34.5 Å². The van der Waals surface area contributed by atoms with Crippen molar-refractivity contribution in [3.63, 3.8) is 0 Å². The Kier molecular flexibility index (Phi) is 4.54. The van der Waals surface area contributed by atoms with Crippen LogP contribution in [-0.2, 0) is 13.1 Å². The van der Waals surface area contributed by atoms with Gasteiger partial charge in [0, 0.05) is 21.8 Å². The Morgan fingerprint density at radius 2 is 2.04 bits per heavy atom. The predicted molar refractivity (Wildman–Crippen MR) is 110 cm³/mol. The number of ketones is 1. The Bertz CT molecular complexity index is 1130. The average molecular weight is 377 g/mol. The van der Waals surface area contributed by atoms with Gasteiger partial charge in [0.05, 0.1) is 12.7 Å². The molecule has 27 heavy (non-hydrogen) atoms. The number of carbonyl (C=O) groups is 1. The molecule has 4 nitrogen and oxygen atoms in total. The van der Waals surface area contributed by atoms with Gasteiger partial charge in [-0.25, -0.2) is 9.13 Å². The average Bonchev–Trinajstić information content (AvgIpc) is 3.37. The summed E-state index contributed by atoms with van der Waals surface area (Å²) in [5, 5.41) is 2.08. The van der Waals surface area contributed by atoms with Gasteiger partial charge in [0.2, 0.25) is 12.1 Å². The van der Waals surface area contributed by atoms with Crippen LogP contribution in [0.1, 0.15) is 26.6 Å². The fourth-order valence-electron chi connectivity index (χ4n) is 3.60. The van der Waals surface area contributed by atoms with Gasteiger partial charge in [-0.3, -0.25) is 4.79 Å². The molecule has 0 unspecified atom stereocenters. The molecule has 0 aliphatic carbocycles. The number of carbonyl (C=O) groups excluding carboxylic acids is 1. The Morgan fingerprint density at radius 1 is 1.22 bits per heavy atom. The summed E-state index contributed by atoms with van der Waals surface area (Å²) < 4.78 is 6.16. The predicted octanol–water partition coefficient (Wildman–Crippen LogP) is 4.44. The molecule has 3 heterocycles. The van der Waals surface area contributed by atoms with E-state index < -0.39 is 0 Å². The van der Waals surface area contributed by atoms with Crippen molar-refractivity contribution in [2.45, 2.75) is 26.9 Å². The van der Waals surface area contributed by atoms with Crippen molar-refractivity contribution >= 4 is 34.4 Å². The Balaban J connectivity index is 1.65. The zero-order valence-corrected chi connectivity index (χ0v) is 16.4. The first-order valence-electron chi connectivity index (χ1n) is 8.92. The molecule has 3 aromatic heterocycles. The molecule has 0 aliphatic heterocycles. The Hall–Kier alpha value is -2.92. The lowest BCUT2D eigenvalue weighted by atomic mass is 10.1. The summed E-state index contributed by atoms with van der Waals surface area (Å²) in [6, 6.07) is 14.2. The van der Waals surface area contributed by atoms with Gasteiger partial charge in [0.25, 0.3) is 0 Å². The second-order valence-corrected chi connectivity index (χ2v) is 7.73. The summed E-state index contributed by atoms with van der Waals surface area (Å²) in [7, 11) is 0. The number of hydrogen-bond donors (Lipinski definition) is 0. The van der Waals surface area contributed by atoms with Gasteiger partial charge in [0.15, 0.2) is 17.6 Å². The first-order chi connectivity index (χ1) is 13.1. The van der Waals surface area contributed by atoms with Crippen LogP contribution in [0.25, 0.3) is 17.2 Å². The number of thiophene rings is 1. The van der Waals surface area contributed by atoms with Crippen molar-refractivity contribution in [1.82, 2.24) is 9.13 Å². The highest BCUT2D eigenvalue weighted by Crippen LogP contribution is 2.20. The highest BCUT2D eigenvalue weighted by molar-refractivity contribution is 7.09. The summed E-state index contributed by atoms with van der Waals surface area (Å²) in [4.78, 5) is 14.4. The topological polar surface area (TPSA) is 30.8 Å². The molecular weight excluding hydrogens is 354 g/mol. The molecule has 0 atom stereocenters. The summed E-state index contributed by atoms with van der Waals surface area (Å²) in [6.07, 6.45) is 3.69. The minimum atomic E-state index is 0.123. The van der Waals surface area contributed by atoms with E-state index in [9.17, 15) is 4.79 Å². The van der Waals surface area contributed by atoms with E-state index in [0.29, 0.717) is 6.54 Å². The van der Waals surface area contributed by atoms with Crippen LogP contribution < -0.4 is 4.57 Å². The molecular formula is C22H22N3OS+. The molecule has 4 rings (SSSR count). The fourth-order valence-corrected chi connectivity index (χ4v) is 4.29. The second-order valence-electron chi connectivity index (χ2n) is 6.70. The molecule has 0 spiro atoms. The number of para-hydroxylation sites is 2. The van der Waals surface area contributed by atoms with Crippen LogP contribution in [0.2, 0.25) is 0 Å². The van der Waals surface area contributed by atoms with E-state index in [-0.39, 0.29) is 5.78 Å². The number of aryl methyl sites for hydroxylation is 1. The number of nitrogens with zero attached hydrogens (tertiary/aromatic N) is 3. The van der Waals surface area contributed by atoms with Gasteiger partial charge < -0.3 is 4.57 Å². The molecule has 0 saturated heterocycles. The van der Waals surface area contributed by atoms with Crippen LogP contribution in [0.4, 0.5) is 0 Å². The molecule has 0 fully saturated rings. The molecule has 0 radical (unpaired) electrons. The van der Waals surface area contributed by atoms with Gasteiger partial charge in [-0.15, -0.1) is 11.3 Å². The number of fused-ring (bicyclic) bond motifs is 1. The number of rotatable bonds is 6. The standard InChI is InChI=1S/C22H22N3OS/c1-4-23-15-24(21-10-6-5-9-20(21)23)14-22(26)19-12-16(2)25(17(19)3)13-18-8-7-11-27-18/h4-12,15H,1,13-14H2,2-3H3/q+1. The Labute approximate surface area is 162 Å². The van der Waals surface area contributed by atoms with E-state index >= 15 is 0 Å². The zero-order valence-electron chi connectivity index (χ0n) is 15.6. The number of hydrogen-bond acceptors (Lipinski definition) is 2. The quantitative estimate of drug-likeness (QED) is 0.361. The van der Waals surface area contributed by atoms with E-state index in [1.165, 1.54) is 4.88 Å². The van der Waals surface area contributed by atoms with E-state index in [2.05, 4.69) is 35.6 Å². The maximum atomic E-state index is 13.1. The first-order valence-corrected chi connectivity index (χ1v) is 9.80. The molecule has 136 valence electrons. The molecule has 1 aromatic carbocycles. The van der Waals surface area contributed by atoms with Crippen LogP contribution in [0.5, 0.6) is 0 Å². The van der Waals surface area contributed by atoms with Crippen LogP contribution in [0, 0.1) is 13.8 Å². The normalized spacial score (nSPS) is 11.2. The summed E-state index contributed by atoms with van der Waals surface area (Å²) in [5.41, 5.74) is 5.01. The highest BCUT2D eigenvalue weighted by atomic mass is 32.1. The zero-order chi connectivity index (χ0) is 19.0. The highest BCUT2D eigenvalue weighted by Gasteiger charge is 2.21. The maximum Gasteiger partial charge on any atom is 0.249 e. The van der Waals surface area contributed by atoms with Crippen LogP contribution in [-0.4, -0.2) is 14.9 Å². The number of aromatic nitrogens is 3. The number of Topliss-reactive ketones (excluding diaryl/α,β-unsaturated/α-hetero) is 1. The lowest BCUT2D eigenvalue weighted by molar-refractivity contribution is -0.657. The van der Waals surface area contributed by atoms with Crippen LogP contribution in [0.3, 0.4) is 0 Å². The number of imidazole rings is 1. The van der Waals surface area contributed by atoms with Crippen molar-refractivity contribution in [1.29, 1.82) is 0 Å². The largest absolute Gasteiger partial charge is 0.343 e. The van der Waals surface area contributed by atoms with E-state index in [4.69, 9.17) is 0 Å². The van der Waals surface area contributed by atoms with Gasteiger partial charge >= 0.3 is 0 Å². The lowest BCUT2D eigenvalue weighted by Gasteiger charge is -2.08. The smallest absolute Gasteiger partial charge is 0.249 e. The van der Waals surface area contributed by atoms with Gasteiger partial charge in [-0.1, -0.05) is 24.8 Å². The third kappa shape index (κ3) is 3.15. The molecule has 5 heteroatoms. The Morgan fingerprint density at radius 3 is 2.78 bits per heavy atom. The molecule has 0 saturated carbocycles. The monoisotopic (exact) mass is 376 g/mol. The van der Waals surface area contributed by atoms with E-state index in [1.807, 2.05) is 52.7 Å². The summed E-state index contributed by atoms with van der Waals surface area (Å²) in [5.74, 6) is 0.123. The lowest BCUT2D eigenvalue weighted by Crippen LogP contribution is -2.36. The summed E-state index contributed by atoms with van der Waals surface area (Å²) >= 11 is 1.74. The molecule has 0 amide bonds. The molecule has 0 N–H and O–H groups in total. The van der Waals surface area contributed by atoms with Crippen molar-refractivity contribution in [2.24, 2.45) is 0 Å². The molecule has 4 aromatic rings. The van der Waals surface area contributed by atoms with Crippen molar-refractivity contribution in [3.8, 4) is 0 Å². The van der Waals surface area contributed by atoms with Crippen molar-refractivity contribution in [3.05, 3.63) is 82.6 Å². The molecule has 0 bridgehead atoms. The van der Waals surface area contributed by atoms with Crippen LogP contribution >= 0.6 is 11.3 Å². The van der Waals surface area contributed by atoms with Crippen molar-refractivity contribution in [2.75, 3.05) is 0 Å². The maximum absolute atomic E-state index is 13.1. The van der Waals surface area contributed by atoms with Gasteiger partial charge in [0.1, 0.15) is 0 Å². The third-order valence-electron chi connectivity index (χ3n) is 5.01. The second kappa shape index (κ2) is 7.00. The van der Waals surface area contributed by atoms with Gasteiger partial charge in [-0.05, 0) is 43.5 Å². The summed E-state index contributed by atoms with van der Waals surface area (Å²) in [6.45, 7) is 9.08. The molecule has 0 aliphatic rings.